The Hall–Kier alpha value is -3.41. The molecule has 0 radical (unpaired) electrons. The minimum absolute atomic E-state index is 0.0838. The van der Waals surface area contributed by atoms with Gasteiger partial charge in [-0.3, -0.25) is 14.4 Å². The number of allylic oxidation sites excluding steroid dienone is 14. The SMILES string of the molecule is CC/C=C\C/C=C\C/C=C\C/C=C\C/C=C\C/C=C\CCCCCCC(=O)OC(COC(=O)CCCCCCCCC)COC(=O)CCCCCCCCCCCCCCCCCCCCCCC/C=C\CCCCCCCCCC. The second-order valence-electron chi connectivity index (χ2n) is 23.4. The number of carbonyl (C=O) groups excluding carboxylic acids is 3. The Morgan fingerprint density at radius 2 is 0.481 bits per heavy atom. The first kappa shape index (κ1) is 77.6. The molecule has 0 aliphatic carbocycles. The van der Waals surface area contributed by atoms with Crippen molar-refractivity contribution in [3.63, 3.8) is 0 Å². The van der Waals surface area contributed by atoms with Crippen molar-refractivity contribution >= 4 is 17.9 Å². The summed E-state index contributed by atoms with van der Waals surface area (Å²) in [7, 11) is 0. The van der Waals surface area contributed by atoms with Crippen molar-refractivity contribution in [3.05, 3.63) is 85.1 Å². The van der Waals surface area contributed by atoms with Crippen molar-refractivity contribution in [2.75, 3.05) is 13.2 Å². The van der Waals surface area contributed by atoms with Crippen molar-refractivity contribution in [3.8, 4) is 0 Å². The summed E-state index contributed by atoms with van der Waals surface area (Å²) in [6.07, 6.45) is 92.2. The Morgan fingerprint density at radius 3 is 0.765 bits per heavy atom. The van der Waals surface area contributed by atoms with E-state index in [1.807, 2.05) is 0 Å². The zero-order valence-electron chi connectivity index (χ0n) is 53.8. The largest absolute Gasteiger partial charge is 0.462 e. The number of ether oxygens (including phenoxy) is 3. The van der Waals surface area contributed by atoms with Gasteiger partial charge in [-0.25, -0.2) is 0 Å². The van der Waals surface area contributed by atoms with Crippen LogP contribution in [0.2, 0.25) is 0 Å². The van der Waals surface area contributed by atoms with Gasteiger partial charge in [0.25, 0.3) is 0 Å². The summed E-state index contributed by atoms with van der Waals surface area (Å²) >= 11 is 0. The van der Waals surface area contributed by atoms with Gasteiger partial charge in [-0.05, 0) is 96.3 Å². The maximum atomic E-state index is 12.9. The van der Waals surface area contributed by atoms with Crippen LogP contribution in [0.5, 0.6) is 0 Å². The van der Waals surface area contributed by atoms with E-state index in [-0.39, 0.29) is 31.1 Å². The second-order valence-corrected chi connectivity index (χ2v) is 23.4. The van der Waals surface area contributed by atoms with Gasteiger partial charge in [-0.15, -0.1) is 0 Å². The van der Waals surface area contributed by atoms with Crippen LogP contribution in [-0.4, -0.2) is 37.2 Å². The summed E-state index contributed by atoms with van der Waals surface area (Å²) in [6, 6.07) is 0. The molecule has 0 N–H and O–H groups in total. The predicted molar refractivity (Wildman–Crippen MR) is 353 cm³/mol. The van der Waals surface area contributed by atoms with Gasteiger partial charge < -0.3 is 14.2 Å². The van der Waals surface area contributed by atoms with Gasteiger partial charge in [0, 0.05) is 19.3 Å². The van der Waals surface area contributed by atoms with Crippen LogP contribution in [0, 0.1) is 0 Å². The molecule has 0 bridgehead atoms. The van der Waals surface area contributed by atoms with E-state index in [0.29, 0.717) is 19.3 Å². The molecule has 0 aliphatic heterocycles. The van der Waals surface area contributed by atoms with Gasteiger partial charge in [0.2, 0.25) is 0 Å². The van der Waals surface area contributed by atoms with Gasteiger partial charge in [0.1, 0.15) is 13.2 Å². The van der Waals surface area contributed by atoms with Gasteiger partial charge in [0.05, 0.1) is 0 Å². The van der Waals surface area contributed by atoms with Crippen molar-refractivity contribution in [1.82, 2.24) is 0 Å². The number of carbonyl (C=O) groups is 3. The molecule has 0 aliphatic rings. The van der Waals surface area contributed by atoms with E-state index in [9.17, 15) is 14.4 Å². The van der Waals surface area contributed by atoms with Crippen molar-refractivity contribution < 1.29 is 28.6 Å². The average Bonchev–Trinajstić information content (AvgIpc) is 3.46. The molecule has 6 nitrogen and oxygen atoms in total. The average molecular weight is 1130 g/mol. The molecule has 81 heavy (non-hydrogen) atoms. The maximum absolute atomic E-state index is 12.9. The molecule has 0 aromatic heterocycles. The Kier molecular flexibility index (Phi) is 66.2. The quantitative estimate of drug-likeness (QED) is 0.0261. The van der Waals surface area contributed by atoms with E-state index < -0.39 is 6.10 Å². The smallest absolute Gasteiger partial charge is 0.306 e. The van der Waals surface area contributed by atoms with Crippen LogP contribution in [0.15, 0.2) is 85.1 Å². The molecule has 1 atom stereocenters. The third-order valence-corrected chi connectivity index (χ3v) is 15.4. The van der Waals surface area contributed by atoms with E-state index in [1.165, 1.54) is 205 Å². The first-order valence-corrected chi connectivity index (χ1v) is 35.1. The highest BCUT2D eigenvalue weighted by atomic mass is 16.6. The minimum Gasteiger partial charge on any atom is -0.462 e. The van der Waals surface area contributed by atoms with Gasteiger partial charge >= 0.3 is 17.9 Å². The van der Waals surface area contributed by atoms with Gasteiger partial charge in [-0.2, -0.15) is 0 Å². The van der Waals surface area contributed by atoms with Crippen LogP contribution in [-0.2, 0) is 28.6 Å². The molecule has 0 fully saturated rings. The topological polar surface area (TPSA) is 78.9 Å². The summed E-state index contributed by atoms with van der Waals surface area (Å²) in [5.74, 6) is -0.902. The molecule has 0 spiro atoms. The van der Waals surface area contributed by atoms with Crippen LogP contribution in [0.4, 0.5) is 0 Å². The fraction of sp³-hybridized carbons (Fsp3) is 0.773. The summed E-state index contributed by atoms with van der Waals surface area (Å²) in [5, 5.41) is 0. The van der Waals surface area contributed by atoms with E-state index in [4.69, 9.17) is 14.2 Å². The molecule has 468 valence electrons. The summed E-state index contributed by atoms with van der Waals surface area (Å²) in [4.78, 5) is 38.1. The van der Waals surface area contributed by atoms with E-state index in [0.717, 1.165) is 109 Å². The molecule has 0 heterocycles. The van der Waals surface area contributed by atoms with E-state index in [1.54, 1.807) is 0 Å². The normalized spacial score (nSPS) is 12.6. The molecular weight excluding hydrogens is 997 g/mol. The molecular formula is C75H132O6. The fourth-order valence-electron chi connectivity index (χ4n) is 10.2. The Morgan fingerprint density at radius 1 is 0.259 bits per heavy atom. The van der Waals surface area contributed by atoms with Crippen LogP contribution in [0.25, 0.3) is 0 Å². The van der Waals surface area contributed by atoms with Crippen molar-refractivity contribution in [1.29, 1.82) is 0 Å². The molecule has 0 saturated carbocycles. The Bertz CT molecular complexity index is 1530. The van der Waals surface area contributed by atoms with Gasteiger partial charge in [0.15, 0.2) is 6.10 Å². The first-order chi connectivity index (χ1) is 40.0. The highest BCUT2D eigenvalue weighted by Crippen LogP contribution is 2.18. The molecule has 6 heteroatoms. The highest BCUT2D eigenvalue weighted by molar-refractivity contribution is 5.71. The zero-order chi connectivity index (χ0) is 58.5. The molecule has 0 aromatic rings. The number of hydrogen-bond acceptors (Lipinski definition) is 6. The van der Waals surface area contributed by atoms with Crippen LogP contribution < -0.4 is 0 Å². The summed E-state index contributed by atoms with van der Waals surface area (Å²) < 4.78 is 16.8. The maximum Gasteiger partial charge on any atom is 0.306 e. The lowest BCUT2D eigenvalue weighted by Crippen LogP contribution is -2.30. The standard InChI is InChI=1S/C75H132O6/c1-4-7-10-13-16-18-20-22-24-26-28-30-32-33-34-35-36-37-38-39-40-41-43-44-46-48-50-52-54-56-59-62-65-68-74(77)80-71-72(70-79-73(76)67-64-61-58-15-12-9-6-3)81-75(78)69-66-63-60-57-55-53-51-49-47-45-42-31-29-27-25-23-21-19-17-14-11-8-5-2/h8,11,17,19,23,25-26,28-29,31,45,47,51,53,72H,4-7,9-10,12-16,18,20-22,24,27,30,32-44,46,48-50,52,54-71H2,1-3H3/b11-8-,19-17-,25-23-,28-26-,31-29-,47-45-,53-51-. The monoisotopic (exact) mass is 1130 g/mol. The summed E-state index contributed by atoms with van der Waals surface area (Å²) in [6.45, 7) is 6.50. The van der Waals surface area contributed by atoms with Crippen LogP contribution in [0.1, 0.15) is 355 Å². The van der Waals surface area contributed by atoms with E-state index >= 15 is 0 Å². The van der Waals surface area contributed by atoms with Crippen molar-refractivity contribution in [2.24, 2.45) is 0 Å². The highest BCUT2D eigenvalue weighted by Gasteiger charge is 2.19. The third-order valence-electron chi connectivity index (χ3n) is 15.4. The second kappa shape index (κ2) is 69.1. The lowest BCUT2D eigenvalue weighted by molar-refractivity contribution is -0.167. The lowest BCUT2D eigenvalue weighted by Gasteiger charge is -2.18. The third kappa shape index (κ3) is 67.3. The lowest BCUT2D eigenvalue weighted by atomic mass is 10.0. The molecule has 0 amide bonds. The zero-order valence-corrected chi connectivity index (χ0v) is 53.8. The number of unbranched alkanes of at least 4 members (excludes halogenated alkanes) is 39. The van der Waals surface area contributed by atoms with E-state index in [2.05, 4.69) is 106 Å². The number of rotatable bonds is 64. The number of hydrogen-bond donors (Lipinski definition) is 0. The molecule has 1 unspecified atom stereocenters. The molecule has 0 saturated heterocycles. The summed E-state index contributed by atoms with van der Waals surface area (Å²) in [5.41, 5.74) is 0. The first-order valence-electron chi connectivity index (χ1n) is 35.1. The minimum atomic E-state index is -0.788. The molecule has 0 aromatic carbocycles. The molecule has 0 rings (SSSR count). The Balaban J connectivity index is 4.05. The fourth-order valence-corrected chi connectivity index (χ4v) is 10.2. The predicted octanol–water partition coefficient (Wildman–Crippen LogP) is 24.2. The van der Waals surface area contributed by atoms with Crippen LogP contribution >= 0.6 is 0 Å². The van der Waals surface area contributed by atoms with Crippen LogP contribution in [0.3, 0.4) is 0 Å². The van der Waals surface area contributed by atoms with Gasteiger partial charge in [-0.1, -0.05) is 324 Å². The number of esters is 3. The van der Waals surface area contributed by atoms with Crippen molar-refractivity contribution in [2.45, 2.75) is 361 Å². The Labute approximate surface area is 503 Å².